The second-order valence-electron chi connectivity index (χ2n) is 8.42. The second-order valence-corrected chi connectivity index (χ2v) is 10.2. The van der Waals surface area contributed by atoms with Crippen LogP contribution in [0.2, 0.25) is 0 Å². The van der Waals surface area contributed by atoms with Gasteiger partial charge in [-0.25, -0.2) is 14.2 Å². The number of nitrogens with zero attached hydrogens (tertiary/aromatic N) is 3. The number of hydrogen-bond acceptors (Lipinski definition) is 9. The van der Waals surface area contributed by atoms with E-state index in [1.54, 1.807) is 19.2 Å². The van der Waals surface area contributed by atoms with Gasteiger partial charge in [-0.3, -0.25) is 14.7 Å². The third-order valence-corrected chi connectivity index (χ3v) is 7.57. The van der Waals surface area contributed by atoms with Gasteiger partial charge in [0.25, 0.3) is 0 Å². The largest absolute Gasteiger partial charge is 0.466 e. The van der Waals surface area contributed by atoms with Gasteiger partial charge in [0, 0.05) is 28.3 Å². The number of benzene rings is 1. The van der Waals surface area contributed by atoms with Crippen LogP contribution in [0.4, 0.5) is 4.39 Å². The lowest BCUT2D eigenvalue weighted by molar-refractivity contribution is -0.149. The number of hydrogen-bond donors (Lipinski definition) is 1. The minimum absolute atomic E-state index is 0.116. The Morgan fingerprint density at radius 3 is 2.61 bits per heavy atom. The van der Waals surface area contributed by atoms with E-state index >= 15 is 0 Å². The monoisotopic (exact) mass is 578 g/mol. The van der Waals surface area contributed by atoms with E-state index < -0.39 is 17.8 Å². The van der Waals surface area contributed by atoms with Crippen LogP contribution in [0, 0.1) is 11.7 Å². The fourth-order valence-electron chi connectivity index (χ4n) is 4.38. The number of aliphatic imine (C=N–C) groups is 1. The van der Waals surface area contributed by atoms with Gasteiger partial charge in [0.2, 0.25) is 0 Å². The van der Waals surface area contributed by atoms with Crippen LogP contribution >= 0.6 is 27.3 Å². The Bertz CT molecular complexity index is 1160. The van der Waals surface area contributed by atoms with Gasteiger partial charge in [-0.2, -0.15) is 0 Å². The smallest absolute Gasteiger partial charge is 0.338 e. The number of carbonyl (C=O) groups is 2. The third-order valence-electron chi connectivity index (χ3n) is 6.10. The highest BCUT2D eigenvalue weighted by atomic mass is 79.9. The van der Waals surface area contributed by atoms with Gasteiger partial charge in [0.05, 0.1) is 24.7 Å². The van der Waals surface area contributed by atoms with Gasteiger partial charge < -0.3 is 14.8 Å². The van der Waals surface area contributed by atoms with Crippen molar-refractivity contribution < 1.29 is 23.5 Å². The molecular weight excluding hydrogens is 551 g/mol. The molecule has 0 radical (unpaired) electrons. The summed E-state index contributed by atoms with van der Waals surface area (Å²) in [5.74, 6) is -0.608. The number of ether oxygens (including phenoxy) is 2. The lowest BCUT2D eigenvalue weighted by Crippen LogP contribution is -2.43. The normalized spacial score (nSPS) is 19.0. The van der Waals surface area contributed by atoms with Crippen molar-refractivity contribution in [3.05, 3.63) is 61.9 Å². The molecule has 0 aliphatic carbocycles. The Balaban J connectivity index is 1.69. The Hall–Kier alpha value is -2.63. The quantitative estimate of drug-likeness (QED) is 0.468. The lowest BCUT2D eigenvalue weighted by Gasteiger charge is -2.34. The highest BCUT2D eigenvalue weighted by Gasteiger charge is 2.35. The van der Waals surface area contributed by atoms with Crippen molar-refractivity contribution in [2.75, 3.05) is 32.8 Å². The zero-order chi connectivity index (χ0) is 25.7. The molecule has 1 fully saturated rings. The lowest BCUT2D eigenvalue weighted by atomic mass is 9.94. The highest BCUT2D eigenvalue weighted by Crippen LogP contribution is 2.37. The Labute approximate surface area is 221 Å². The molecule has 2 aromatic rings. The molecule has 1 unspecified atom stereocenters. The summed E-state index contributed by atoms with van der Waals surface area (Å²) in [6.07, 6.45) is 3.06. The zero-order valence-corrected chi connectivity index (χ0v) is 22.5. The van der Waals surface area contributed by atoms with E-state index in [9.17, 15) is 14.0 Å². The number of nitrogens with one attached hydrogen (secondary N) is 1. The predicted molar refractivity (Wildman–Crippen MR) is 138 cm³/mol. The van der Waals surface area contributed by atoms with Crippen LogP contribution in [0.1, 0.15) is 43.3 Å². The number of rotatable bonds is 8. The molecular formula is C25H28BrFN4O4S. The molecule has 36 heavy (non-hydrogen) atoms. The topological polar surface area (TPSA) is 93.1 Å². The van der Waals surface area contributed by atoms with Crippen LogP contribution in [-0.4, -0.2) is 60.5 Å². The Morgan fingerprint density at radius 1 is 1.22 bits per heavy atom. The van der Waals surface area contributed by atoms with Crippen molar-refractivity contribution in [2.24, 2.45) is 10.9 Å². The van der Waals surface area contributed by atoms with E-state index in [1.807, 2.05) is 12.3 Å². The summed E-state index contributed by atoms with van der Waals surface area (Å²) in [5.41, 5.74) is 1.68. The number of piperidine rings is 1. The van der Waals surface area contributed by atoms with E-state index in [0.717, 1.165) is 0 Å². The van der Waals surface area contributed by atoms with Gasteiger partial charge >= 0.3 is 11.9 Å². The molecule has 0 saturated carbocycles. The van der Waals surface area contributed by atoms with E-state index in [1.165, 1.54) is 23.5 Å². The molecule has 1 aromatic heterocycles. The molecule has 3 heterocycles. The van der Waals surface area contributed by atoms with E-state index in [4.69, 9.17) is 14.5 Å². The molecule has 0 spiro atoms. The number of likely N-dealkylation sites (tertiary alicyclic amines) is 1. The third kappa shape index (κ3) is 6.01. The average molecular weight is 579 g/mol. The summed E-state index contributed by atoms with van der Waals surface area (Å²) in [7, 11) is 0. The number of esters is 2. The van der Waals surface area contributed by atoms with Crippen LogP contribution in [0.5, 0.6) is 0 Å². The minimum atomic E-state index is -0.716. The van der Waals surface area contributed by atoms with Gasteiger partial charge in [-0.15, -0.1) is 11.3 Å². The van der Waals surface area contributed by atoms with Crippen LogP contribution in [0.15, 0.2) is 50.5 Å². The van der Waals surface area contributed by atoms with Crippen molar-refractivity contribution in [1.82, 2.24) is 15.2 Å². The molecule has 2 aliphatic rings. The van der Waals surface area contributed by atoms with Crippen molar-refractivity contribution >= 4 is 45.0 Å². The van der Waals surface area contributed by atoms with Crippen molar-refractivity contribution in [1.29, 1.82) is 0 Å². The second kappa shape index (κ2) is 12.1. The highest BCUT2D eigenvalue weighted by molar-refractivity contribution is 9.10. The summed E-state index contributed by atoms with van der Waals surface area (Å²) < 4.78 is 25.0. The van der Waals surface area contributed by atoms with Gasteiger partial charge in [0.15, 0.2) is 10.8 Å². The zero-order valence-electron chi connectivity index (χ0n) is 20.1. The van der Waals surface area contributed by atoms with Crippen LogP contribution in [0.3, 0.4) is 0 Å². The first kappa shape index (κ1) is 26.4. The first-order valence-corrected chi connectivity index (χ1v) is 13.6. The maximum Gasteiger partial charge on any atom is 0.338 e. The first-order chi connectivity index (χ1) is 17.4. The summed E-state index contributed by atoms with van der Waals surface area (Å²) >= 11 is 4.88. The standard InChI is InChI=1S/C25H28BrFN4O4S/c1-3-34-24(32)15-7-10-31(11-8-15)14-19-20(25(33)35-4-2)21(17-6-5-16(27)13-18(17)26)30-22(29-19)23-28-9-12-36-23/h5-6,9,12-13,15,21H,3-4,7-8,10-11,14H2,1-2H3,(H,29,30). The number of aromatic nitrogens is 1. The summed E-state index contributed by atoms with van der Waals surface area (Å²) in [6.45, 7) is 5.94. The maximum atomic E-state index is 13.9. The number of thiazole rings is 1. The number of halogens is 2. The summed E-state index contributed by atoms with van der Waals surface area (Å²) in [6, 6.07) is 3.62. The van der Waals surface area contributed by atoms with Crippen LogP contribution in [-0.2, 0) is 19.1 Å². The van der Waals surface area contributed by atoms with Crippen molar-refractivity contribution in [2.45, 2.75) is 32.7 Å². The molecule has 192 valence electrons. The number of amidine groups is 1. The Morgan fingerprint density at radius 2 is 1.97 bits per heavy atom. The van der Waals surface area contributed by atoms with Gasteiger partial charge in [-0.05, 0) is 57.5 Å². The van der Waals surface area contributed by atoms with Crippen LogP contribution < -0.4 is 5.32 Å². The Kier molecular flexibility index (Phi) is 8.86. The first-order valence-electron chi connectivity index (χ1n) is 11.9. The van der Waals surface area contributed by atoms with Crippen LogP contribution in [0.25, 0.3) is 0 Å². The van der Waals surface area contributed by atoms with Crippen molar-refractivity contribution in [3.63, 3.8) is 0 Å². The van der Waals surface area contributed by atoms with Crippen molar-refractivity contribution in [3.8, 4) is 0 Å². The molecule has 0 bridgehead atoms. The fourth-order valence-corrected chi connectivity index (χ4v) is 5.53. The molecule has 1 aromatic carbocycles. The summed E-state index contributed by atoms with van der Waals surface area (Å²) in [4.78, 5) is 36.8. The van der Waals surface area contributed by atoms with Gasteiger partial charge in [-0.1, -0.05) is 22.0 Å². The molecule has 2 aliphatic heterocycles. The fraction of sp³-hybridized carbons (Fsp3) is 0.440. The minimum Gasteiger partial charge on any atom is -0.466 e. The molecule has 1 N–H and O–H groups in total. The molecule has 4 rings (SSSR count). The predicted octanol–water partition coefficient (Wildman–Crippen LogP) is 4.23. The molecule has 1 atom stereocenters. The molecule has 1 saturated heterocycles. The van der Waals surface area contributed by atoms with E-state index in [0.29, 0.717) is 71.2 Å². The maximum absolute atomic E-state index is 13.9. The van der Waals surface area contributed by atoms with Gasteiger partial charge in [0.1, 0.15) is 11.9 Å². The summed E-state index contributed by atoms with van der Waals surface area (Å²) in [5, 5.41) is 5.87. The molecule has 8 nitrogen and oxygen atoms in total. The van der Waals surface area contributed by atoms with E-state index in [-0.39, 0.29) is 18.5 Å². The number of carbonyl (C=O) groups excluding carboxylic acids is 2. The average Bonchev–Trinajstić information content (AvgIpc) is 3.39. The SMILES string of the molecule is CCOC(=O)C1=C(CN2CCC(C(=O)OCC)CC2)NC(c2nccs2)=NC1c1ccc(F)cc1Br. The molecule has 0 amide bonds. The van der Waals surface area contributed by atoms with E-state index in [2.05, 4.69) is 31.1 Å². The molecule has 11 heteroatoms.